The second-order valence-electron chi connectivity index (χ2n) is 7.66. The number of rotatable bonds is 7. The summed E-state index contributed by atoms with van der Waals surface area (Å²) in [5.74, 6) is 0.761. The fourth-order valence-corrected chi connectivity index (χ4v) is 3.83. The van der Waals surface area contributed by atoms with Crippen molar-refractivity contribution in [2.75, 3.05) is 27.2 Å². The van der Waals surface area contributed by atoms with Crippen LogP contribution < -0.4 is 5.32 Å². The zero-order chi connectivity index (χ0) is 21.3. The average Bonchev–Trinajstić information content (AvgIpc) is 3.16. The Morgan fingerprint density at radius 2 is 1.77 bits per heavy atom. The van der Waals surface area contributed by atoms with E-state index in [4.69, 9.17) is 9.47 Å². The summed E-state index contributed by atoms with van der Waals surface area (Å²) in [5, 5.41) is 3.44. The van der Waals surface area contributed by atoms with Gasteiger partial charge in [0.15, 0.2) is 5.96 Å². The summed E-state index contributed by atoms with van der Waals surface area (Å²) in [7, 11) is 3.22. The molecule has 160 valence electrons. The van der Waals surface area contributed by atoms with E-state index in [0.717, 1.165) is 23.6 Å². The first-order valence-electron chi connectivity index (χ1n) is 10.3. The molecule has 0 aliphatic carbocycles. The molecule has 0 bridgehead atoms. The molecule has 6 heteroatoms. The van der Waals surface area contributed by atoms with Crippen molar-refractivity contribution in [2.45, 2.75) is 26.7 Å². The molecule has 2 aromatic carbocycles. The van der Waals surface area contributed by atoms with Crippen LogP contribution in [-0.2, 0) is 34.0 Å². The van der Waals surface area contributed by atoms with Gasteiger partial charge in [0.05, 0.1) is 26.2 Å². The van der Waals surface area contributed by atoms with Gasteiger partial charge < -0.3 is 19.7 Å². The van der Waals surface area contributed by atoms with Crippen LogP contribution in [0.3, 0.4) is 0 Å². The number of carbonyl (C=O) groups is 1. The van der Waals surface area contributed by atoms with Gasteiger partial charge in [0.25, 0.3) is 0 Å². The summed E-state index contributed by atoms with van der Waals surface area (Å²) < 4.78 is 10.9. The van der Waals surface area contributed by atoms with Gasteiger partial charge in [0.1, 0.15) is 0 Å². The predicted octanol–water partition coefficient (Wildman–Crippen LogP) is 3.22. The molecule has 1 N–H and O–H groups in total. The predicted molar refractivity (Wildman–Crippen MR) is 118 cm³/mol. The van der Waals surface area contributed by atoms with Crippen molar-refractivity contribution in [1.29, 1.82) is 0 Å². The lowest BCUT2D eigenvalue weighted by Crippen LogP contribution is -2.40. The number of nitrogens with one attached hydrogen (secondary N) is 1. The fraction of sp³-hybridized carbons (Fsp3) is 0.417. The third-order valence-corrected chi connectivity index (χ3v) is 5.55. The minimum Gasteiger partial charge on any atom is -0.469 e. The number of aliphatic imine (C=N–C) groups is 1. The number of likely N-dealkylation sites (tertiary alicyclic amines) is 1. The Morgan fingerprint density at radius 3 is 2.47 bits per heavy atom. The number of methoxy groups -OCH3 is 1. The maximum absolute atomic E-state index is 12.0. The second kappa shape index (κ2) is 10.8. The molecule has 1 aliphatic heterocycles. The molecule has 30 heavy (non-hydrogen) atoms. The Balaban J connectivity index is 1.56. The van der Waals surface area contributed by atoms with E-state index in [9.17, 15) is 4.79 Å². The van der Waals surface area contributed by atoms with Gasteiger partial charge in [0.2, 0.25) is 0 Å². The monoisotopic (exact) mass is 409 g/mol. The Kier molecular flexibility index (Phi) is 7.85. The molecule has 2 unspecified atom stereocenters. The van der Waals surface area contributed by atoms with E-state index < -0.39 is 0 Å². The van der Waals surface area contributed by atoms with E-state index in [2.05, 4.69) is 46.4 Å². The number of benzene rings is 2. The molecule has 0 aromatic heterocycles. The summed E-state index contributed by atoms with van der Waals surface area (Å²) in [5.41, 5.74) is 3.49. The average molecular weight is 410 g/mol. The molecule has 1 saturated heterocycles. The highest BCUT2D eigenvalue weighted by Gasteiger charge is 2.36. The molecular formula is C24H31N3O3. The van der Waals surface area contributed by atoms with Gasteiger partial charge >= 0.3 is 5.97 Å². The van der Waals surface area contributed by atoms with Crippen LogP contribution in [0.15, 0.2) is 59.6 Å². The van der Waals surface area contributed by atoms with Gasteiger partial charge in [-0.15, -0.1) is 0 Å². The first-order chi connectivity index (χ1) is 14.6. The molecule has 0 spiro atoms. The van der Waals surface area contributed by atoms with Crippen molar-refractivity contribution in [3.63, 3.8) is 0 Å². The SMILES string of the molecule is CN=C(NCc1ccccc1COCc1ccccc1)N1CC(C)C(C(=O)OC)C1. The van der Waals surface area contributed by atoms with Crippen molar-refractivity contribution in [2.24, 2.45) is 16.8 Å². The molecule has 6 nitrogen and oxygen atoms in total. The third-order valence-electron chi connectivity index (χ3n) is 5.55. The fourth-order valence-electron chi connectivity index (χ4n) is 3.83. The number of carbonyl (C=O) groups excluding carboxylic acids is 1. The molecule has 1 fully saturated rings. The van der Waals surface area contributed by atoms with Crippen LogP contribution in [0.4, 0.5) is 0 Å². The minimum atomic E-state index is -0.152. The van der Waals surface area contributed by atoms with E-state index in [-0.39, 0.29) is 17.8 Å². The van der Waals surface area contributed by atoms with Gasteiger partial charge in [-0.25, -0.2) is 0 Å². The molecule has 1 aliphatic rings. The topological polar surface area (TPSA) is 63.2 Å². The van der Waals surface area contributed by atoms with Crippen LogP contribution in [0.2, 0.25) is 0 Å². The molecule has 2 aromatic rings. The zero-order valence-electron chi connectivity index (χ0n) is 18.0. The molecule has 3 rings (SSSR count). The third kappa shape index (κ3) is 5.60. The van der Waals surface area contributed by atoms with Crippen LogP contribution in [0.25, 0.3) is 0 Å². The summed E-state index contributed by atoms with van der Waals surface area (Å²) >= 11 is 0. The number of hydrogen-bond donors (Lipinski definition) is 1. The number of esters is 1. The first kappa shape index (κ1) is 21.8. The summed E-state index contributed by atoms with van der Waals surface area (Å²) in [6.07, 6.45) is 0. The Morgan fingerprint density at radius 1 is 1.07 bits per heavy atom. The van der Waals surface area contributed by atoms with Gasteiger partial charge in [-0.2, -0.15) is 0 Å². The van der Waals surface area contributed by atoms with E-state index in [1.54, 1.807) is 7.05 Å². The Bertz CT molecular complexity index is 854. The highest BCUT2D eigenvalue weighted by atomic mass is 16.5. The summed E-state index contributed by atoms with van der Waals surface area (Å²) in [6.45, 7) is 5.26. The Hall–Kier alpha value is -2.86. The van der Waals surface area contributed by atoms with E-state index >= 15 is 0 Å². The van der Waals surface area contributed by atoms with E-state index in [1.165, 1.54) is 12.7 Å². The smallest absolute Gasteiger partial charge is 0.310 e. The van der Waals surface area contributed by atoms with Crippen LogP contribution in [0.5, 0.6) is 0 Å². The highest BCUT2D eigenvalue weighted by molar-refractivity contribution is 5.82. The number of hydrogen-bond acceptors (Lipinski definition) is 4. The second-order valence-corrected chi connectivity index (χ2v) is 7.66. The first-order valence-corrected chi connectivity index (χ1v) is 10.3. The van der Waals surface area contributed by atoms with Crippen molar-refractivity contribution >= 4 is 11.9 Å². The van der Waals surface area contributed by atoms with Crippen molar-refractivity contribution in [3.8, 4) is 0 Å². The van der Waals surface area contributed by atoms with Gasteiger partial charge in [-0.05, 0) is 22.6 Å². The highest BCUT2D eigenvalue weighted by Crippen LogP contribution is 2.24. The standard InChI is InChI=1S/C24H31N3O3/c1-18-14-27(15-22(18)23(28)29-3)24(25-2)26-13-20-11-7-8-12-21(20)17-30-16-19-9-5-4-6-10-19/h4-12,18,22H,13-17H2,1-3H3,(H,25,26). The van der Waals surface area contributed by atoms with Crippen LogP contribution in [0.1, 0.15) is 23.6 Å². The number of nitrogens with zero attached hydrogens (tertiary/aromatic N) is 2. The molecule has 0 amide bonds. The molecule has 2 atom stereocenters. The van der Waals surface area contributed by atoms with Gasteiger partial charge in [-0.3, -0.25) is 9.79 Å². The number of ether oxygens (including phenoxy) is 2. The molecule has 0 saturated carbocycles. The summed E-state index contributed by atoms with van der Waals surface area (Å²) in [4.78, 5) is 18.5. The van der Waals surface area contributed by atoms with Crippen LogP contribution in [-0.4, -0.2) is 44.1 Å². The van der Waals surface area contributed by atoms with Crippen molar-refractivity contribution < 1.29 is 14.3 Å². The minimum absolute atomic E-state index is 0.118. The maximum Gasteiger partial charge on any atom is 0.310 e. The lowest BCUT2D eigenvalue weighted by molar-refractivity contribution is -0.145. The Labute approximate surface area is 178 Å². The van der Waals surface area contributed by atoms with Gasteiger partial charge in [-0.1, -0.05) is 61.5 Å². The lowest BCUT2D eigenvalue weighted by Gasteiger charge is -2.22. The quantitative estimate of drug-likeness (QED) is 0.432. The van der Waals surface area contributed by atoms with Gasteiger partial charge in [0, 0.05) is 26.7 Å². The van der Waals surface area contributed by atoms with E-state index in [0.29, 0.717) is 26.3 Å². The molecular weight excluding hydrogens is 378 g/mol. The largest absolute Gasteiger partial charge is 0.469 e. The van der Waals surface area contributed by atoms with Crippen LogP contribution >= 0.6 is 0 Å². The normalized spacial score (nSPS) is 19.0. The zero-order valence-corrected chi connectivity index (χ0v) is 18.0. The number of guanidine groups is 1. The van der Waals surface area contributed by atoms with Crippen molar-refractivity contribution in [3.05, 3.63) is 71.3 Å². The van der Waals surface area contributed by atoms with Crippen molar-refractivity contribution in [1.82, 2.24) is 10.2 Å². The lowest BCUT2D eigenvalue weighted by atomic mass is 9.99. The maximum atomic E-state index is 12.0. The van der Waals surface area contributed by atoms with E-state index in [1.807, 2.05) is 30.3 Å². The van der Waals surface area contributed by atoms with Crippen LogP contribution in [0, 0.1) is 11.8 Å². The molecule has 1 heterocycles. The summed E-state index contributed by atoms with van der Waals surface area (Å²) in [6, 6.07) is 18.4. The molecule has 0 radical (unpaired) electrons.